The van der Waals surface area contributed by atoms with Crippen LogP contribution in [-0.2, 0) is 0 Å². The Morgan fingerprint density at radius 1 is 1.23 bits per heavy atom. The highest BCUT2D eigenvalue weighted by Gasteiger charge is 2.21. The molecule has 136 valence electrons. The van der Waals surface area contributed by atoms with Gasteiger partial charge in [-0.1, -0.05) is 11.8 Å². The molecule has 1 aliphatic rings. The molecule has 1 saturated heterocycles. The number of fused-ring (bicyclic) bond motifs is 1. The van der Waals surface area contributed by atoms with Crippen LogP contribution in [0.4, 0.5) is 5.82 Å². The van der Waals surface area contributed by atoms with E-state index in [1.54, 1.807) is 10.7 Å². The quantitative estimate of drug-likeness (QED) is 0.505. The smallest absolute Gasteiger partial charge is 0.220 e. The summed E-state index contributed by atoms with van der Waals surface area (Å²) < 4.78 is 7.79. The van der Waals surface area contributed by atoms with Gasteiger partial charge < -0.3 is 9.64 Å². The molecule has 0 atom stereocenters. The Balaban J connectivity index is 1.33. The first-order chi connectivity index (χ1) is 12.7. The van der Waals surface area contributed by atoms with E-state index in [4.69, 9.17) is 4.74 Å². The molecular weight excluding hydrogens is 348 g/mol. The third-order valence-corrected chi connectivity index (χ3v) is 5.29. The van der Waals surface area contributed by atoms with Crippen LogP contribution in [0.5, 0.6) is 5.88 Å². The van der Waals surface area contributed by atoms with Crippen molar-refractivity contribution in [2.45, 2.75) is 24.9 Å². The molecule has 0 amide bonds. The van der Waals surface area contributed by atoms with Crippen molar-refractivity contribution in [1.82, 2.24) is 24.6 Å². The van der Waals surface area contributed by atoms with Crippen LogP contribution in [0.1, 0.15) is 18.4 Å². The van der Waals surface area contributed by atoms with Crippen LogP contribution in [0.3, 0.4) is 0 Å². The largest absolute Gasteiger partial charge is 0.477 e. The molecule has 3 aromatic heterocycles. The number of hydrogen-bond donors (Lipinski definition) is 0. The van der Waals surface area contributed by atoms with E-state index in [1.807, 2.05) is 37.7 Å². The van der Waals surface area contributed by atoms with E-state index in [0.717, 1.165) is 48.1 Å². The Hall–Kier alpha value is -2.35. The zero-order valence-electron chi connectivity index (χ0n) is 15.0. The van der Waals surface area contributed by atoms with Crippen LogP contribution >= 0.6 is 11.8 Å². The molecule has 7 nitrogen and oxygen atoms in total. The second-order valence-corrected chi connectivity index (χ2v) is 7.28. The van der Waals surface area contributed by atoms with Crippen molar-refractivity contribution < 1.29 is 4.74 Å². The van der Waals surface area contributed by atoms with Gasteiger partial charge in [-0.25, -0.2) is 14.5 Å². The molecule has 0 unspecified atom stereocenters. The van der Waals surface area contributed by atoms with E-state index in [-0.39, 0.29) is 0 Å². The summed E-state index contributed by atoms with van der Waals surface area (Å²) in [5.41, 5.74) is 1.87. The average molecular weight is 370 g/mol. The summed E-state index contributed by atoms with van der Waals surface area (Å²) >= 11 is 1.53. The van der Waals surface area contributed by atoms with Gasteiger partial charge in [-0.2, -0.15) is 10.1 Å². The molecule has 0 aliphatic carbocycles. The molecule has 0 bridgehead atoms. The van der Waals surface area contributed by atoms with Crippen molar-refractivity contribution in [3.8, 4) is 5.88 Å². The number of hydrogen-bond acceptors (Lipinski definition) is 7. The van der Waals surface area contributed by atoms with Crippen LogP contribution in [0.2, 0.25) is 0 Å². The molecule has 0 saturated carbocycles. The van der Waals surface area contributed by atoms with Crippen molar-refractivity contribution in [1.29, 1.82) is 0 Å². The van der Waals surface area contributed by atoms with Crippen molar-refractivity contribution in [2.24, 2.45) is 5.92 Å². The topological polar surface area (TPSA) is 68.4 Å². The SMILES string of the molecule is CSc1ncc(C)c(OCC2CCN(c3ccn4nccc4n3)CC2)n1. The van der Waals surface area contributed by atoms with Gasteiger partial charge in [0.15, 0.2) is 10.8 Å². The van der Waals surface area contributed by atoms with Gasteiger partial charge in [0, 0.05) is 37.1 Å². The lowest BCUT2D eigenvalue weighted by Gasteiger charge is -2.32. The van der Waals surface area contributed by atoms with Crippen LogP contribution in [0, 0.1) is 12.8 Å². The number of anilines is 1. The van der Waals surface area contributed by atoms with Crippen molar-refractivity contribution in [2.75, 3.05) is 30.9 Å². The normalized spacial score (nSPS) is 15.5. The third kappa shape index (κ3) is 3.60. The molecule has 4 rings (SSSR count). The maximum Gasteiger partial charge on any atom is 0.220 e. The van der Waals surface area contributed by atoms with E-state index in [1.165, 1.54) is 11.8 Å². The summed E-state index contributed by atoms with van der Waals surface area (Å²) in [6.07, 6.45) is 9.72. The molecule has 0 spiro atoms. The lowest BCUT2D eigenvalue weighted by molar-refractivity contribution is 0.213. The molecule has 3 aromatic rings. The first-order valence-corrected chi connectivity index (χ1v) is 10.0. The van der Waals surface area contributed by atoms with Crippen LogP contribution < -0.4 is 9.64 Å². The van der Waals surface area contributed by atoms with Gasteiger partial charge in [-0.15, -0.1) is 0 Å². The molecule has 0 radical (unpaired) electrons. The highest BCUT2D eigenvalue weighted by Crippen LogP contribution is 2.24. The number of ether oxygens (including phenoxy) is 1. The van der Waals surface area contributed by atoms with Crippen molar-refractivity contribution in [3.05, 3.63) is 36.3 Å². The van der Waals surface area contributed by atoms with Crippen LogP contribution in [-0.4, -0.2) is 50.5 Å². The fourth-order valence-corrected chi connectivity index (χ4v) is 3.49. The van der Waals surface area contributed by atoms with Crippen molar-refractivity contribution >= 4 is 23.2 Å². The molecule has 26 heavy (non-hydrogen) atoms. The first-order valence-electron chi connectivity index (χ1n) is 8.78. The minimum absolute atomic E-state index is 0.539. The standard InChI is InChI=1S/C18H22N6OS/c1-13-11-19-18(26-2)22-17(13)25-12-14-4-8-23(9-5-14)15-6-10-24-16(21-15)3-7-20-24/h3,6-7,10-11,14H,4-5,8-9,12H2,1-2H3. The Bertz CT molecular complexity index is 890. The van der Waals surface area contributed by atoms with E-state index < -0.39 is 0 Å². The number of aryl methyl sites for hydroxylation is 1. The monoisotopic (exact) mass is 370 g/mol. The Labute approximate surface area is 156 Å². The van der Waals surface area contributed by atoms with E-state index in [2.05, 4.69) is 25.0 Å². The molecular formula is C18H22N6OS. The fraction of sp³-hybridized carbons (Fsp3) is 0.444. The van der Waals surface area contributed by atoms with Gasteiger partial charge in [0.1, 0.15) is 5.82 Å². The maximum atomic E-state index is 6.00. The summed E-state index contributed by atoms with van der Waals surface area (Å²) in [4.78, 5) is 15.8. The summed E-state index contributed by atoms with van der Waals surface area (Å²) in [6.45, 7) is 4.67. The molecule has 0 N–H and O–H groups in total. The Morgan fingerprint density at radius 2 is 2.08 bits per heavy atom. The Kier molecular flexibility index (Phi) is 4.92. The fourth-order valence-electron chi connectivity index (χ4n) is 3.16. The number of nitrogens with zero attached hydrogens (tertiary/aromatic N) is 6. The van der Waals surface area contributed by atoms with Crippen LogP contribution in [0.25, 0.3) is 5.65 Å². The first kappa shape index (κ1) is 17.1. The predicted molar refractivity (Wildman–Crippen MR) is 102 cm³/mol. The maximum absolute atomic E-state index is 6.00. The number of aromatic nitrogens is 5. The van der Waals surface area contributed by atoms with E-state index in [9.17, 15) is 0 Å². The van der Waals surface area contributed by atoms with Gasteiger partial charge >= 0.3 is 0 Å². The summed E-state index contributed by atoms with van der Waals surface area (Å²) in [7, 11) is 0. The summed E-state index contributed by atoms with van der Waals surface area (Å²) in [5, 5.41) is 4.95. The van der Waals surface area contributed by atoms with Gasteiger partial charge in [-0.05, 0) is 38.0 Å². The molecule has 1 fully saturated rings. The predicted octanol–water partition coefficient (Wildman–Crippen LogP) is 2.85. The van der Waals surface area contributed by atoms with Crippen molar-refractivity contribution in [3.63, 3.8) is 0 Å². The third-order valence-electron chi connectivity index (χ3n) is 4.72. The number of piperidine rings is 1. The van der Waals surface area contributed by atoms with E-state index in [0.29, 0.717) is 18.4 Å². The number of thioether (sulfide) groups is 1. The average Bonchev–Trinajstić information content (AvgIpc) is 3.15. The van der Waals surface area contributed by atoms with Gasteiger partial charge in [0.25, 0.3) is 0 Å². The second-order valence-electron chi connectivity index (χ2n) is 6.51. The van der Waals surface area contributed by atoms with Gasteiger partial charge in [0.2, 0.25) is 5.88 Å². The highest BCUT2D eigenvalue weighted by atomic mass is 32.2. The zero-order chi connectivity index (χ0) is 17.9. The van der Waals surface area contributed by atoms with Crippen LogP contribution in [0.15, 0.2) is 35.9 Å². The lowest BCUT2D eigenvalue weighted by atomic mass is 9.98. The lowest BCUT2D eigenvalue weighted by Crippen LogP contribution is -2.36. The highest BCUT2D eigenvalue weighted by molar-refractivity contribution is 7.98. The molecule has 8 heteroatoms. The minimum atomic E-state index is 0.539. The summed E-state index contributed by atoms with van der Waals surface area (Å²) in [5.74, 6) is 2.27. The number of rotatable bonds is 5. The van der Waals surface area contributed by atoms with Gasteiger partial charge in [-0.3, -0.25) is 0 Å². The minimum Gasteiger partial charge on any atom is -0.477 e. The molecule has 4 heterocycles. The summed E-state index contributed by atoms with van der Waals surface area (Å²) in [6, 6.07) is 3.96. The van der Waals surface area contributed by atoms with Gasteiger partial charge in [0.05, 0.1) is 12.8 Å². The second kappa shape index (κ2) is 7.49. The zero-order valence-corrected chi connectivity index (χ0v) is 15.8. The van der Waals surface area contributed by atoms with E-state index >= 15 is 0 Å². The Morgan fingerprint density at radius 3 is 2.88 bits per heavy atom. The molecule has 0 aromatic carbocycles. The molecule has 1 aliphatic heterocycles.